The van der Waals surface area contributed by atoms with Crippen LogP contribution in [0.15, 0.2) is 24.5 Å². The predicted molar refractivity (Wildman–Crippen MR) is 70.8 cm³/mol. The number of nitrogens with one attached hydrogen (secondary N) is 1. The van der Waals surface area contributed by atoms with Gasteiger partial charge in [-0.3, -0.25) is 9.88 Å². The zero-order valence-electron chi connectivity index (χ0n) is 11.1. The molecule has 1 atom stereocenters. The van der Waals surface area contributed by atoms with Crippen LogP contribution in [0.5, 0.6) is 0 Å². The van der Waals surface area contributed by atoms with Gasteiger partial charge in [-0.2, -0.15) is 0 Å². The zero-order valence-corrected chi connectivity index (χ0v) is 11.1. The highest BCUT2D eigenvalue weighted by Gasteiger charge is 2.26. The summed E-state index contributed by atoms with van der Waals surface area (Å²) in [4.78, 5) is 6.60. The fourth-order valence-corrected chi connectivity index (χ4v) is 2.68. The monoisotopic (exact) mass is 233 g/mol. The Bertz CT molecular complexity index is 348. The Kier molecular flexibility index (Phi) is 3.79. The van der Waals surface area contributed by atoms with Crippen LogP contribution >= 0.6 is 0 Å². The van der Waals surface area contributed by atoms with E-state index in [1.807, 2.05) is 12.4 Å². The van der Waals surface area contributed by atoms with E-state index in [4.69, 9.17) is 0 Å². The molecule has 0 saturated carbocycles. The van der Waals surface area contributed by atoms with E-state index in [2.05, 4.69) is 48.1 Å². The van der Waals surface area contributed by atoms with Crippen LogP contribution in [0.1, 0.15) is 32.8 Å². The van der Waals surface area contributed by atoms with Crippen LogP contribution in [0.25, 0.3) is 0 Å². The normalized spacial score (nSPS) is 25.5. The molecule has 1 aromatic heterocycles. The summed E-state index contributed by atoms with van der Waals surface area (Å²) in [6, 6.07) is 4.82. The minimum absolute atomic E-state index is 0.197. The second-order valence-corrected chi connectivity index (χ2v) is 5.78. The molecule has 1 fully saturated rings. The van der Waals surface area contributed by atoms with E-state index in [0.29, 0.717) is 6.04 Å². The van der Waals surface area contributed by atoms with Gasteiger partial charge in [-0.05, 0) is 44.9 Å². The van der Waals surface area contributed by atoms with Crippen LogP contribution in [0.2, 0.25) is 0 Å². The van der Waals surface area contributed by atoms with Crippen molar-refractivity contribution in [2.75, 3.05) is 13.1 Å². The van der Waals surface area contributed by atoms with Gasteiger partial charge in [-0.25, -0.2) is 0 Å². The topological polar surface area (TPSA) is 28.2 Å². The molecule has 0 bridgehead atoms. The lowest BCUT2D eigenvalue weighted by Gasteiger charge is -2.31. The number of rotatable bonds is 2. The molecule has 0 aliphatic carbocycles. The van der Waals surface area contributed by atoms with E-state index in [1.54, 1.807) is 0 Å². The molecule has 3 heteroatoms. The number of hydrogen-bond acceptors (Lipinski definition) is 3. The molecule has 17 heavy (non-hydrogen) atoms. The first kappa shape index (κ1) is 12.5. The Morgan fingerprint density at radius 3 is 2.82 bits per heavy atom. The molecule has 1 aliphatic rings. The van der Waals surface area contributed by atoms with Crippen LogP contribution in [0, 0.1) is 0 Å². The molecule has 1 aromatic rings. The average Bonchev–Trinajstić information content (AvgIpc) is 2.38. The standard InChI is InChI=1S/C14H23N3/c1-12-6-9-17(11-14(2,3)16-12)10-13-4-7-15-8-5-13/h4-5,7-8,12,16H,6,9-11H2,1-3H3. The van der Waals surface area contributed by atoms with Gasteiger partial charge < -0.3 is 5.32 Å². The lowest BCUT2D eigenvalue weighted by molar-refractivity contribution is 0.223. The lowest BCUT2D eigenvalue weighted by atomic mass is 10.0. The Balaban J connectivity index is 2.01. The van der Waals surface area contributed by atoms with Crippen molar-refractivity contribution >= 4 is 0 Å². The Labute approximate surface area is 104 Å². The molecule has 1 aliphatic heterocycles. The fraction of sp³-hybridized carbons (Fsp3) is 0.643. The quantitative estimate of drug-likeness (QED) is 0.847. The minimum Gasteiger partial charge on any atom is -0.308 e. The van der Waals surface area contributed by atoms with Crippen LogP contribution in [0.4, 0.5) is 0 Å². The third-order valence-corrected chi connectivity index (χ3v) is 3.29. The average molecular weight is 233 g/mol. The predicted octanol–water partition coefficient (Wildman–Crippen LogP) is 2.04. The largest absolute Gasteiger partial charge is 0.308 e. The molecule has 1 unspecified atom stereocenters. The van der Waals surface area contributed by atoms with Gasteiger partial charge in [-0.1, -0.05) is 0 Å². The van der Waals surface area contributed by atoms with Crippen molar-refractivity contribution in [3.63, 3.8) is 0 Å². The third kappa shape index (κ3) is 3.79. The highest BCUT2D eigenvalue weighted by Crippen LogP contribution is 2.16. The van der Waals surface area contributed by atoms with Gasteiger partial charge >= 0.3 is 0 Å². The molecular formula is C14H23N3. The third-order valence-electron chi connectivity index (χ3n) is 3.29. The summed E-state index contributed by atoms with van der Waals surface area (Å²) >= 11 is 0. The maximum atomic E-state index is 4.07. The molecule has 0 spiro atoms. The van der Waals surface area contributed by atoms with E-state index in [-0.39, 0.29) is 5.54 Å². The van der Waals surface area contributed by atoms with E-state index in [1.165, 1.54) is 18.5 Å². The van der Waals surface area contributed by atoms with Gasteiger partial charge in [0.2, 0.25) is 0 Å². The SMILES string of the molecule is CC1CCN(Cc2ccncc2)CC(C)(C)N1. The molecule has 0 aromatic carbocycles. The molecule has 2 rings (SSSR count). The van der Waals surface area contributed by atoms with Gasteiger partial charge in [-0.15, -0.1) is 0 Å². The highest BCUT2D eigenvalue weighted by atomic mass is 15.2. The molecule has 94 valence electrons. The summed E-state index contributed by atoms with van der Waals surface area (Å²) in [6.45, 7) is 10.1. The summed E-state index contributed by atoms with van der Waals surface area (Å²) in [5.41, 5.74) is 1.55. The first-order valence-electron chi connectivity index (χ1n) is 6.44. The fourth-order valence-electron chi connectivity index (χ4n) is 2.68. The van der Waals surface area contributed by atoms with Gasteiger partial charge in [0, 0.05) is 43.6 Å². The molecule has 1 saturated heterocycles. The van der Waals surface area contributed by atoms with Gasteiger partial charge in [0.1, 0.15) is 0 Å². The number of pyridine rings is 1. The van der Waals surface area contributed by atoms with Crippen molar-refractivity contribution in [1.29, 1.82) is 0 Å². The van der Waals surface area contributed by atoms with Crippen molar-refractivity contribution in [1.82, 2.24) is 15.2 Å². The van der Waals surface area contributed by atoms with E-state index in [9.17, 15) is 0 Å². The van der Waals surface area contributed by atoms with Crippen molar-refractivity contribution in [3.8, 4) is 0 Å². The number of hydrogen-bond donors (Lipinski definition) is 1. The summed E-state index contributed by atoms with van der Waals surface area (Å²) in [6.07, 6.45) is 4.97. The van der Waals surface area contributed by atoms with E-state index < -0.39 is 0 Å². The van der Waals surface area contributed by atoms with E-state index >= 15 is 0 Å². The first-order chi connectivity index (χ1) is 8.05. The summed E-state index contributed by atoms with van der Waals surface area (Å²) < 4.78 is 0. The van der Waals surface area contributed by atoms with Crippen molar-refractivity contribution in [2.45, 2.75) is 45.3 Å². The Morgan fingerprint density at radius 2 is 2.12 bits per heavy atom. The van der Waals surface area contributed by atoms with Crippen molar-refractivity contribution < 1.29 is 0 Å². The Hall–Kier alpha value is -0.930. The molecule has 3 nitrogen and oxygen atoms in total. The van der Waals surface area contributed by atoms with Gasteiger partial charge in [0.15, 0.2) is 0 Å². The Morgan fingerprint density at radius 1 is 1.41 bits per heavy atom. The van der Waals surface area contributed by atoms with Gasteiger partial charge in [0.25, 0.3) is 0 Å². The smallest absolute Gasteiger partial charge is 0.0271 e. The highest BCUT2D eigenvalue weighted by molar-refractivity contribution is 5.09. The molecule has 2 heterocycles. The van der Waals surface area contributed by atoms with Crippen LogP contribution in [-0.4, -0.2) is 34.6 Å². The first-order valence-corrected chi connectivity index (χ1v) is 6.44. The second-order valence-electron chi connectivity index (χ2n) is 5.78. The van der Waals surface area contributed by atoms with Crippen molar-refractivity contribution in [3.05, 3.63) is 30.1 Å². The summed E-state index contributed by atoms with van der Waals surface area (Å²) in [5, 5.41) is 3.68. The number of nitrogens with zero attached hydrogens (tertiary/aromatic N) is 2. The van der Waals surface area contributed by atoms with Crippen LogP contribution in [-0.2, 0) is 6.54 Å². The second kappa shape index (κ2) is 5.15. The van der Waals surface area contributed by atoms with Crippen molar-refractivity contribution in [2.24, 2.45) is 0 Å². The number of aromatic nitrogens is 1. The zero-order chi connectivity index (χ0) is 12.3. The molecule has 0 amide bonds. The van der Waals surface area contributed by atoms with Crippen LogP contribution in [0.3, 0.4) is 0 Å². The molecular weight excluding hydrogens is 210 g/mol. The van der Waals surface area contributed by atoms with E-state index in [0.717, 1.165) is 13.1 Å². The summed E-state index contributed by atoms with van der Waals surface area (Å²) in [5.74, 6) is 0. The minimum atomic E-state index is 0.197. The summed E-state index contributed by atoms with van der Waals surface area (Å²) in [7, 11) is 0. The van der Waals surface area contributed by atoms with Crippen LogP contribution < -0.4 is 5.32 Å². The molecule has 1 N–H and O–H groups in total. The molecule has 0 radical (unpaired) electrons. The maximum absolute atomic E-state index is 4.07. The maximum Gasteiger partial charge on any atom is 0.0271 e. The lowest BCUT2D eigenvalue weighted by Crippen LogP contribution is -2.48. The van der Waals surface area contributed by atoms with Gasteiger partial charge in [0.05, 0.1) is 0 Å².